The first-order valence-electron chi connectivity index (χ1n) is 11.3. The van der Waals surface area contributed by atoms with Crippen LogP contribution in [0, 0.1) is 0 Å². The largest absolute Gasteiger partial charge is 0.478 e. The average molecular weight is 509 g/mol. The molecule has 3 aromatic rings. The van der Waals surface area contributed by atoms with Crippen molar-refractivity contribution in [1.29, 1.82) is 0 Å². The third kappa shape index (κ3) is 6.25. The Hall–Kier alpha value is -2.81. The van der Waals surface area contributed by atoms with Gasteiger partial charge in [-0.25, -0.2) is 4.79 Å². The quantitative estimate of drug-likeness (QED) is 0.414. The Kier molecular flexibility index (Phi) is 8.64. The molecule has 3 aromatic carbocycles. The van der Waals surface area contributed by atoms with E-state index >= 15 is 0 Å². The maximum atomic E-state index is 13.4. The number of nitrogens with one attached hydrogen (secondary N) is 1. The predicted octanol–water partition coefficient (Wildman–Crippen LogP) is 5.92. The van der Waals surface area contributed by atoms with Crippen LogP contribution in [0.3, 0.4) is 0 Å². The number of hydrogen-bond acceptors (Lipinski definition) is 4. The molecule has 1 heterocycles. The van der Waals surface area contributed by atoms with Crippen LogP contribution in [-0.2, 0) is 10.9 Å². The first kappa shape index (κ1) is 26.8. The zero-order chi connectivity index (χ0) is 24.3. The summed E-state index contributed by atoms with van der Waals surface area (Å²) in [5, 5.41) is 15.0. The summed E-state index contributed by atoms with van der Waals surface area (Å²) < 4.78 is 46.0. The number of nitrogens with zero attached hydrogens (tertiary/aromatic N) is 1. The summed E-state index contributed by atoms with van der Waals surface area (Å²) in [6, 6.07) is 18.0. The number of halogens is 4. The zero-order valence-electron chi connectivity index (χ0n) is 19.2. The third-order valence-electron chi connectivity index (χ3n) is 6.25. The van der Waals surface area contributed by atoms with Crippen LogP contribution in [0.4, 0.5) is 18.9 Å². The molecular weight excluding hydrogens is 481 g/mol. The van der Waals surface area contributed by atoms with Crippen LogP contribution in [-0.4, -0.2) is 43.4 Å². The number of alkyl halides is 3. The van der Waals surface area contributed by atoms with Crippen LogP contribution in [0.25, 0.3) is 10.8 Å². The first-order chi connectivity index (χ1) is 16.2. The second kappa shape index (κ2) is 11.3. The molecule has 1 aliphatic heterocycles. The molecule has 2 atom stereocenters. The number of benzene rings is 3. The van der Waals surface area contributed by atoms with E-state index in [1.165, 1.54) is 22.4 Å². The molecule has 0 amide bonds. The summed E-state index contributed by atoms with van der Waals surface area (Å²) in [6.07, 6.45) is -4.18. The lowest BCUT2D eigenvalue weighted by Crippen LogP contribution is -2.43. The highest BCUT2D eigenvalue weighted by molar-refractivity contribution is 5.90. The van der Waals surface area contributed by atoms with Gasteiger partial charge in [0, 0.05) is 24.8 Å². The lowest BCUT2D eigenvalue weighted by atomic mass is 9.99. The van der Waals surface area contributed by atoms with Gasteiger partial charge in [0.25, 0.3) is 0 Å². The van der Waals surface area contributed by atoms with Crippen molar-refractivity contribution < 1.29 is 27.8 Å². The molecule has 4 rings (SSSR count). The Bertz CT molecular complexity index is 1170. The van der Waals surface area contributed by atoms with E-state index in [9.17, 15) is 18.0 Å². The van der Waals surface area contributed by atoms with Crippen molar-refractivity contribution >= 4 is 34.8 Å². The third-order valence-corrected chi connectivity index (χ3v) is 6.25. The maximum absolute atomic E-state index is 13.4. The van der Waals surface area contributed by atoms with Crippen LogP contribution in [0.2, 0.25) is 0 Å². The van der Waals surface area contributed by atoms with E-state index in [1.807, 2.05) is 23.1 Å². The number of aromatic carboxylic acids is 1. The minimum absolute atomic E-state index is 0. The molecule has 2 N–H and O–H groups in total. The molecule has 188 valence electrons. The van der Waals surface area contributed by atoms with Gasteiger partial charge in [0.15, 0.2) is 0 Å². The van der Waals surface area contributed by atoms with E-state index in [0.717, 1.165) is 12.1 Å². The normalized spacial score (nSPS) is 17.1. The van der Waals surface area contributed by atoms with Crippen LogP contribution in [0.15, 0.2) is 60.7 Å². The molecular formula is C26H28ClF3N2O3. The van der Waals surface area contributed by atoms with Gasteiger partial charge in [-0.15, -0.1) is 12.4 Å². The van der Waals surface area contributed by atoms with E-state index in [0.29, 0.717) is 38.3 Å². The summed E-state index contributed by atoms with van der Waals surface area (Å²) >= 11 is 0. The summed E-state index contributed by atoms with van der Waals surface area (Å²) in [6.45, 7) is 4.08. The summed E-state index contributed by atoms with van der Waals surface area (Å²) in [7, 11) is 0. The monoisotopic (exact) mass is 508 g/mol. The van der Waals surface area contributed by atoms with Gasteiger partial charge in [-0.3, -0.25) is 0 Å². The molecule has 9 heteroatoms. The van der Waals surface area contributed by atoms with Crippen LogP contribution in [0.1, 0.15) is 40.9 Å². The standard InChI is InChI=1S/C26H27F3N2O3.ClH/c1-17(21-8-4-6-18-5-2-3-7-22(18)21)30-12-11-20-16-31(13-14-34-20)19-9-10-23(25(32)33)24(15-19)26(27,28)29;/h2-10,15,17,20,30H,11-14,16H2,1H3,(H,32,33);1H/t17-,20?;/m1./s1. The molecule has 1 aliphatic rings. The van der Waals surface area contributed by atoms with E-state index < -0.39 is 23.3 Å². The lowest BCUT2D eigenvalue weighted by Gasteiger charge is -2.35. The average Bonchev–Trinajstić information content (AvgIpc) is 2.83. The Labute approximate surface area is 208 Å². The number of fused-ring (bicyclic) bond motifs is 1. The minimum Gasteiger partial charge on any atom is -0.478 e. The smallest absolute Gasteiger partial charge is 0.417 e. The summed E-state index contributed by atoms with van der Waals surface area (Å²) in [5.41, 5.74) is -0.316. The van der Waals surface area contributed by atoms with Crippen molar-refractivity contribution in [3.05, 3.63) is 77.4 Å². The van der Waals surface area contributed by atoms with Gasteiger partial charge in [-0.05, 0) is 54.4 Å². The van der Waals surface area contributed by atoms with Gasteiger partial charge >= 0.3 is 12.1 Å². The highest BCUT2D eigenvalue weighted by Crippen LogP contribution is 2.35. The molecule has 0 aliphatic carbocycles. The molecule has 0 bridgehead atoms. The first-order valence-corrected chi connectivity index (χ1v) is 11.3. The van der Waals surface area contributed by atoms with Crippen LogP contribution < -0.4 is 10.2 Å². The fraction of sp³-hybridized carbons (Fsp3) is 0.346. The minimum atomic E-state index is -4.74. The highest BCUT2D eigenvalue weighted by atomic mass is 35.5. The second-order valence-corrected chi connectivity index (χ2v) is 8.50. The Morgan fingerprint density at radius 1 is 1.17 bits per heavy atom. The van der Waals surface area contributed by atoms with Gasteiger partial charge in [-0.1, -0.05) is 42.5 Å². The van der Waals surface area contributed by atoms with Crippen molar-refractivity contribution in [2.75, 3.05) is 31.1 Å². The number of carboxylic acid groups (broad SMARTS) is 1. The molecule has 1 unspecified atom stereocenters. The second-order valence-electron chi connectivity index (χ2n) is 8.50. The van der Waals surface area contributed by atoms with Gasteiger partial charge in [0.1, 0.15) is 0 Å². The summed E-state index contributed by atoms with van der Waals surface area (Å²) in [5.74, 6) is -1.59. The van der Waals surface area contributed by atoms with E-state index in [2.05, 4.69) is 36.5 Å². The fourth-order valence-corrected chi connectivity index (χ4v) is 4.48. The summed E-state index contributed by atoms with van der Waals surface area (Å²) in [4.78, 5) is 13.0. The molecule has 0 radical (unpaired) electrons. The number of morpholine rings is 1. The van der Waals surface area contributed by atoms with Crippen molar-refractivity contribution in [3.63, 3.8) is 0 Å². The number of rotatable bonds is 7. The van der Waals surface area contributed by atoms with Crippen LogP contribution in [0.5, 0.6) is 0 Å². The van der Waals surface area contributed by atoms with E-state index in [1.54, 1.807) is 0 Å². The molecule has 0 saturated carbocycles. The van der Waals surface area contributed by atoms with Crippen LogP contribution >= 0.6 is 12.4 Å². The van der Waals surface area contributed by atoms with Gasteiger partial charge in [0.2, 0.25) is 0 Å². The Morgan fingerprint density at radius 3 is 2.66 bits per heavy atom. The molecule has 0 spiro atoms. The van der Waals surface area contributed by atoms with Crippen molar-refractivity contribution in [1.82, 2.24) is 5.32 Å². The van der Waals surface area contributed by atoms with Crippen molar-refractivity contribution in [2.24, 2.45) is 0 Å². The number of ether oxygens (including phenoxy) is 1. The molecule has 1 saturated heterocycles. The van der Waals surface area contributed by atoms with Gasteiger partial charge in [0.05, 0.1) is 23.8 Å². The maximum Gasteiger partial charge on any atom is 0.417 e. The SMILES string of the molecule is C[C@@H](NCCC1CN(c2ccc(C(=O)O)c(C(F)(F)F)c2)CCO1)c1cccc2ccccc12.Cl. The molecule has 0 aromatic heterocycles. The molecule has 5 nitrogen and oxygen atoms in total. The molecule has 35 heavy (non-hydrogen) atoms. The number of hydrogen-bond donors (Lipinski definition) is 2. The highest BCUT2D eigenvalue weighted by Gasteiger charge is 2.36. The van der Waals surface area contributed by atoms with Crippen molar-refractivity contribution in [3.8, 4) is 0 Å². The van der Waals surface area contributed by atoms with Crippen molar-refractivity contribution in [2.45, 2.75) is 31.7 Å². The van der Waals surface area contributed by atoms with E-state index in [4.69, 9.17) is 9.84 Å². The van der Waals surface area contributed by atoms with Gasteiger partial charge < -0.3 is 20.1 Å². The number of anilines is 1. The Morgan fingerprint density at radius 2 is 1.91 bits per heavy atom. The number of carbonyl (C=O) groups is 1. The number of carboxylic acids is 1. The Balaban J connectivity index is 0.00000342. The van der Waals surface area contributed by atoms with Gasteiger partial charge in [-0.2, -0.15) is 13.2 Å². The van der Waals surface area contributed by atoms with E-state index in [-0.39, 0.29) is 24.6 Å². The lowest BCUT2D eigenvalue weighted by molar-refractivity contribution is -0.138. The molecule has 1 fully saturated rings. The predicted molar refractivity (Wildman–Crippen MR) is 133 cm³/mol. The fourth-order valence-electron chi connectivity index (χ4n) is 4.48. The zero-order valence-corrected chi connectivity index (χ0v) is 20.0. The topological polar surface area (TPSA) is 61.8 Å².